The van der Waals surface area contributed by atoms with Crippen LogP contribution in [-0.2, 0) is 19.5 Å². The molecule has 0 saturated heterocycles. The number of benzene rings is 2. The minimum atomic E-state index is -0.101. The summed E-state index contributed by atoms with van der Waals surface area (Å²) >= 11 is 12.4. The summed E-state index contributed by atoms with van der Waals surface area (Å²) in [5.74, 6) is 1.23. The Morgan fingerprint density at radius 1 is 1.18 bits per heavy atom. The summed E-state index contributed by atoms with van der Waals surface area (Å²) in [5, 5.41) is 1.26. The van der Waals surface area contributed by atoms with Crippen LogP contribution in [0.25, 0.3) is 11.4 Å². The van der Waals surface area contributed by atoms with Gasteiger partial charge in [0.05, 0.1) is 23.4 Å². The van der Waals surface area contributed by atoms with Crippen LogP contribution in [-0.4, -0.2) is 28.5 Å². The zero-order valence-electron chi connectivity index (χ0n) is 15.3. The maximum absolute atomic E-state index is 12.7. The van der Waals surface area contributed by atoms with Gasteiger partial charge >= 0.3 is 0 Å². The normalized spacial score (nSPS) is 14.0. The third kappa shape index (κ3) is 3.78. The SMILES string of the molecule is COc1cccc(CN2CCc3nc(-c4ccc(Cl)cc4)[nH]c(=O)c3C2)c1Cl. The van der Waals surface area contributed by atoms with Crippen LogP contribution >= 0.6 is 23.2 Å². The zero-order valence-corrected chi connectivity index (χ0v) is 16.8. The minimum absolute atomic E-state index is 0.101. The largest absolute Gasteiger partial charge is 0.495 e. The summed E-state index contributed by atoms with van der Waals surface area (Å²) in [7, 11) is 1.60. The lowest BCUT2D eigenvalue weighted by molar-refractivity contribution is 0.241. The molecule has 0 unspecified atom stereocenters. The Kier molecular flexibility index (Phi) is 5.40. The zero-order chi connectivity index (χ0) is 19.7. The molecule has 1 N–H and O–H groups in total. The maximum Gasteiger partial charge on any atom is 0.255 e. The molecule has 1 aliphatic heterocycles. The van der Waals surface area contributed by atoms with Crippen molar-refractivity contribution >= 4 is 23.2 Å². The summed E-state index contributed by atoms with van der Waals surface area (Å²) in [5.41, 5.74) is 3.28. The molecule has 0 amide bonds. The predicted molar refractivity (Wildman–Crippen MR) is 111 cm³/mol. The maximum atomic E-state index is 12.7. The second kappa shape index (κ2) is 7.95. The highest BCUT2D eigenvalue weighted by Gasteiger charge is 2.22. The predicted octanol–water partition coefficient (Wildman–Crippen LogP) is 4.31. The van der Waals surface area contributed by atoms with Crippen molar-refractivity contribution in [1.82, 2.24) is 14.9 Å². The third-order valence-electron chi connectivity index (χ3n) is 4.92. The number of aromatic nitrogens is 2. The van der Waals surface area contributed by atoms with Gasteiger partial charge in [-0.3, -0.25) is 9.69 Å². The standard InChI is InChI=1S/C21H19Cl2N3O2/c1-28-18-4-2-3-14(19(18)23)11-26-10-9-17-16(12-26)21(27)25-20(24-17)13-5-7-15(22)8-6-13/h2-8H,9-12H2,1H3,(H,24,25,27). The molecular weight excluding hydrogens is 397 g/mol. The van der Waals surface area contributed by atoms with Gasteiger partial charge in [0, 0.05) is 36.6 Å². The van der Waals surface area contributed by atoms with Crippen LogP contribution in [0.4, 0.5) is 0 Å². The average molecular weight is 416 g/mol. The molecule has 0 atom stereocenters. The molecule has 0 aliphatic carbocycles. The van der Waals surface area contributed by atoms with Crippen LogP contribution in [0.5, 0.6) is 5.75 Å². The van der Waals surface area contributed by atoms with Gasteiger partial charge in [0.2, 0.25) is 0 Å². The highest BCUT2D eigenvalue weighted by atomic mass is 35.5. The minimum Gasteiger partial charge on any atom is -0.495 e. The first-order valence-corrected chi connectivity index (χ1v) is 9.72. The van der Waals surface area contributed by atoms with E-state index in [0.29, 0.717) is 46.7 Å². The van der Waals surface area contributed by atoms with Gasteiger partial charge in [-0.1, -0.05) is 35.3 Å². The fourth-order valence-corrected chi connectivity index (χ4v) is 3.83. The molecule has 2 heterocycles. The smallest absolute Gasteiger partial charge is 0.255 e. The first kappa shape index (κ1) is 19.0. The van der Waals surface area contributed by atoms with Crippen molar-refractivity contribution < 1.29 is 4.74 Å². The Morgan fingerprint density at radius 3 is 2.71 bits per heavy atom. The molecule has 7 heteroatoms. The highest BCUT2D eigenvalue weighted by Crippen LogP contribution is 2.29. The number of H-pyrrole nitrogens is 1. The number of nitrogens with zero attached hydrogens (tertiary/aromatic N) is 2. The number of aromatic amines is 1. The van der Waals surface area contributed by atoms with Gasteiger partial charge in [-0.2, -0.15) is 0 Å². The van der Waals surface area contributed by atoms with E-state index in [0.717, 1.165) is 23.4 Å². The van der Waals surface area contributed by atoms with E-state index in [1.807, 2.05) is 30.3 Å². The van der Waals surface area contributed by atoms with E-state index in [9.17, 15) is 4.79 Å². The van der Waals surface area contributed by atoms with Gasteiger partial charge < -0.3 is 9.72 Å². The van der Waals surface area contributed by atoms with Crippen LogP contribution in [0.3, 0.4) is 0 Å². The Hall–Kier alpha value is -2.34. The van der Waals surface area contributed by atoms with Gasteiger partial charge in [-0.05, 0) is 35.9 Å². The van der Waals surface area contributed by atoms with E-state index < -0.39 is 0 Å². The fraction of sp³-hybridized carbons (Fsp3) is 0.238. The highest BCUT2D eigenvalue weighted by molar-refractivity contribution is 6.32. The van der Waals surface area contributed by atoms with Crippen molar-refractivity contribution in [3.8, 4) is 17.1 Å². The Morgan fingerprint density at radius 2 is 1.96 bits per heavy atom. The number of halogens is 2. The molecule has 0 saturated carbocycles. The number of rotatable bonds is 4. The van der Waals surface area contributed by atoms with E-state index >= 15 is 0 Å². The molecule has 5 nitrogen and oxygen atoms in total. The summed E-state index contributed by atoms with van der Waals surface area (Å²) in [4.78, 5) is 22.5. The Labute approximate surface area is 172 Å². The van der Waals surface area contributed by atoms with E-state index in [1.165, 1.54) is 0 Å². The number of fused-ring (bicyclic) bond motifs is 1. The summed E-state index contributed by atoms with van der Waals surface area (Å²) in [6.45, 7) is 1.98. The van der Waals surface area contributed by atoms with E-state index in [4.69, 9.17) is 27.9 Å². The molecule has 4 rings (SSSR count). The van der Waals surface area contributed by atoms with Gasteiger partial charge in [-0.15, -0.1) is 0 Å². The molecular formula is C21H19Cl2N3O2. The molecule has 2 aromatic carbocycles. The fourth-order valence-electron chi connectivity index (χ4n) is 3.44. The molecule has 1 aromatic heterocycles. The topological polar surface area (TPSA) is 58.2 Å². The number of methoxy groups -OCH3 is 1. The molecule has 0 bridgehead atoms. The Balaban J connectivity index is 1.58. The second-order valence-corrected chi connectivity index (χ2v) is 7.56. The average Bonchev–Trinajstić information content (AvgIpc) is 2.70. The van der Waals surface area contributed by atoms with Gasteiger partial charge in [0.15, 0.2) is 0 Å². The lowest BCUT2D eigenvalue weighted by atomic mass is 10.1. The molecule has 1 aliphatic rings. The van der Waals surface area contributed by atoms with Crippen LogP contribution in [0.1, 0.15) is 16.8 Å². The molecule has 144 valence electrons. The van der Waals surface area contributed by atoms with E-state index in [2.05, 4.69) is 14.9 Å². The number of hydrogen-bond acceptors (Lipinski definition) is 4. The van der Waals surface area contributed by atoms with Crippen LogP contribution in [0, 0.1) is 0 Å². The molecule has 3 aromatic rings. The second-order valence-electron chi connectivity index (χ2n) is 6.74. The number of hydrogen-bond donors (Lipinski definition) is 1. The van der Waals surface area contributed by atoms with Crippen molar-refractivity contribution in [3.05, 3.63) is 79.7 Å². The van der Waals surface area contributed by atoms with Crippen molar-refractivity contribution in [1.29, 1.82) is 0 Å². The van der Waals surface area contributed by atoms with Crippen molar-refractivity contribution in [2.24, 2.45) is 0 Å². The van der Waals surface area contributed by atoms with Crippen LogP contribution in [0.15, 0.2) is 47.3 Å². The van der Waals surface area contributed by atoms with Gasteiger partial charge in [0.25, 0.3) is 5.56 Å². The Bertz CT molecular complexity index is 1060. The molecule has 0 spiro atoms. The van der Waals surface area contributed by atoms with Gasteiger partial charge in [-0.25, -0.2) is 4.98 Å². The first-order chi connectivity index (χ1) is 13.5. The van der Waals surface area contributed by atoms with E-state index in [1.54, 1.807) is 19.2 Å². The third-order valence-corrected chi connectivity index (χ3v) is 5.60. The number of nitrogens with one attached hydrogen (secondary N) is 1. The molecule has 28 heavy (non-hydrogen) atoms. The van der Waals surface area contributed by atoms with Crippen LogP contribution < -0.4 is 10.3 Å². The van der Waals surface area contributed by atoms with Crippen molar-refractivity contribution in [2.45, 2.75) is 19.5 Å². The number of ether oxygens (including phenoxy) is 1. The van der Waals surface area contributed by atoms with Crippen LogP contribution in [0.2, 0.25) is 10.0 Å². The lowest BCUT2D eigenvalue weighted by Crippen LogP contribution is -2.35. The van der Waals surface area contributed by atoms with Crippen molar-refractivity contribution in [2.75, 3.05) is 13.7 Å². The monoisotopic (exact) mass is 415 g/mol. The summed E-state index contributed by atoms with van der Waals surface area (Å²) in [6, 6.07) is 13.0. The first-order valence-electron chi connectivity index (χ1n) is 8.97. The van der Waals surface area contributed by atoms with Gasteiger partial charge in [0.1, 0.15) is 11.6 Å². The lowest BCUT2D eigenvalue weighted by Gasteiger charge is -2.28. The summed E-state index contributed by atoms with van der Waals surface area (Å²) in [6.07, 6.45) is 0.710. The van der Waals surface area contributed by atoms with E-state index in [-0.39, 0.29) is 5.56 Å². The summed E-state index contributed by atoms with van der Waals surface area (Å²) < 4.78 is 5.29. The van der Waals surface area contributed by atoms with Crippen molar-refractivity contribution in [3.63, 3.8) is 0 Å². The molecule has 0 radical (unpaired) electrons. The quantitative estimate of drug-likeness (QED) is 0.689. The molecule has 0 fully saturated rings.